The van der Waals surface area contributed by atoms with E-state index >= 15 is 0 Å². The lowest BCUT2D eigenvalue weighted by atomic mass is 9.53. The summed E-state index contributed by atoms with van der Waals surface area (Å²) in [7, 11) is 3.50. The van der Waals surface area contributed by atoms with E-state index in [2.05, 4.69) is 14.6 Å². The van der Waals surface area contributed by atoms with Crippen LogP contribution < -0.4 is 9.47 Å². The molecular formula is C27H27F2N5O3. The molecule has 1 amide bonds. The number of halogens is 2. The van der Waals surface area contributed by atoms with Gasteiger partial charge in [0, 0.05) is 43.2 Å². The Balaban J connectivity index is 1.32. The van der Waals surface area contributed by atoms with Gasteiger partial charge in [-0.3, -0.25) is 4.79 Å². The molecule has 37 heavy (non-hydrogen) atoms. The molecule has 4 aromatic rings. The molecule has 1 aromatic carbocycles. The number of likely N-dealkylation sites (tertiary alicyclic amines) is 1. The standard InChI is InChI=1S/C27H27F2N5O3/c1-4-33-19(9-13-5-6-21(31-24(13)33)37-27(28)29)25-30-17-8-15(11-20(36-3)23(17)32(25)2)26(35)34-12-16-7-14-10-18(34)22(14)16/h5-6,8-9,11,14,16,18,22,27H,4,7,10,12H2,1-3H3/t14?,16-,18-,22-/m1/s1. The third-order valence-electron chi connectivity index (χ3n) is 8.65. The van der Waals surface area contributed by atoms with Crippen LogP contribution in [0.4, 0.5) is 8.78 Å². The second kappa shape index (κ2) is 7.90. The van der Waals surface area contributed by atoms with E-state index in [4.69, 9.17) is 9.72 Å². The van der Waals surface area contributed by atoms with Crippen LogP contribution in [0.1, 0.15) is 30.1 Å². The van der Waals surface area contributed by atoms with E-state index in [0.29, 0.717) is 52.7 Å². The number of benzene rings is 1. The highest BCUT2D eigenvalue weighted by molar-refractivity contribution is 6.00. The van der Waals surface area contributed by atoms with Crippen molar-refractivity contribution in [3.63, 3.8) is 0 Å². The molecule has 10 heteroatoms. The molecule has 192 valence electrons. The topological polar surface area (TPSA) is 74.4 Å². The van der Waals surface area contributed by atoms with Gasteiger partial charge in [0.1, 0.15) is 16.9 Å². The van der Waals surface area contributed by atoms with Gasteiger partial charge in [-0.05, 0) is 61.8 Å². The Morgan fingerprint density at radius 2 is 2.00 bits per heavy atom. The minimum absolute atomic E-state index is 0.0451. The number of methoxy groups -OCH3 is 1. The average Bonchev–Trinajstić information content (AvgIpc) is 3.39. The molecule has 0 bridgehead atoms. The van der Waals surface area contributed by atoms with E-state index in [-0.39, 0.29) is 11.8 Å². The van der Waals surface area contributed by atoms with Gasteiger partial charge in [-0.2, -0.15) is 13.8 Å². The van der Waals surface area contributed by atoms with Crippen LogP contribution in [-0.2, 0) is 13.6 Å². The quantitative estimate of drug-likeness (QED) is 0.378. The summed E-state index contributed by atoms with van der Waals surface area (Å²) in [5.74, 6) is 3.34. The van der Waals surface area contributed by atoms with Gasteiger partial charge in [-0.15, -0.1) is 0 Å². The number of rotatable bonds is 6. The molecule has 4 heterocycles. The number of amides is 1. The van der Waals surface area contributed by atoms with Crippen molar-refractivity contribution < 1.29 is 23.0 Å². The molecule has 1 unspecified atom stereocenters. The first-order valence-electron chi connectivity index (χ1n) is 12.7. The summed E-state index contributed by atoms with van der Waals surface area (Å²) in [6.07, 6.45) is 2.38. The molecule has 0 radical (unpaired) electrons. The van der Waals surface area contributed by atoms with Gasteiger partial charge in [0.05, 0.1) is 18.3 Å². The fraction of sp³-hybridized carbons (Fsp3) is 0.444. The highest BCUT2D eigenvalue weighted by Gasteiger charge is 2.61. The van der Waals surface area contributed by atoms with Crippen LogP contribution >= 0.6 is 0 Å². The minimum atomic E-state index is -2.94. The van der Waals surface area contributed by atoms with E-state index in [9.17, 15) is 13.6 Å². The van der Waals surface area contributed by atoms with Crippen LogP contribution in [-0.4, -0.2) is 56.2 Å². The molecular weight excluding hydrogens is 480 g/mol. The van der Waals surface area contributed by atoms with Crippen LogP contribution in [0.25, 0.3) is 33.6 Å². The molecule has 0 N–H and O–H groups in total. The van der Waals surface area contributed by atoms with Crippen molar-refractivity contribution in [2.45, 2.75) is 39.0 Å². The van der Waals surface area contributed by atoms with Crippen LogP contribution in [0.2, 0.25) is 0 Å². The second-order valence-electron chi connectivity index (χ2n) is 10.3. The Kier molecular flexibility index (Phi) is 4.81. The predicted molar refractivity (Wildman–Crippen MR) is 133 cm³/mol. The maximum Gasteiger partial charge on any atom is 0.388 e. The Morgan fingerprint density at radius 3 is 2.70 bits per heavy atom. The van der Waals surface area contributed by atoms with E-state index in [0.717, 1.165) is 35.5 Å². The van der Waals surface area contributed by atoms with Crippen molar-refractivity contribution in [1.82, 2.24) is 24.0 Å². The number of hydrogen-bond donors (Lipinski definition) is 0. The summed E-state index contributed by atoms with van der Waals surface area (Å²) < 4.78 is 39.6. The summed E-state index contributed by atoms with van der Waals surface area (Å²) in [5, 5.41) is 0.788. The SMILES string of the molecule is CCn1c(-c2nc3cc(C(=O)N4C[C@H]5CC6C[C@@H]4[C@H]65)cc(OC)c3n2C)cc2ccc(OC(F)F)nc21. The Hall–Kier alpha value is -3.69. The number of nitrogens with zero attached hydrogens (tertiary/aromatic N) is 5. The normalized spacial score (nSPS) is 23.9. The largest absolute Gasteiger partial charge is 0.494 e. The number of aryl methyl sites for hydroxylation is 2. The van der Waals surface area contributed by atoms with Crippen molar-refractivity contribution in [1.29, 1.82) is 0 Å². The average molecular weight is 508 g/mol. The zero-order chi connectivity index (χ0) is 25.6. The number of carbonyl (C=O) groups excluding carboxylic acids is 1. The summed E-state index contributed by atoms with van der Waals surface area (Å²) in [5.41, 5.74) is 3.35. The van der Waals surface area contributed by atoms with Crippen LogP contribution in [0.3, 0.4) is 0 Å². The fourth-order valence-electron chi connectivity index (χ4n) is 6.95. The molecule has 2 aliphatic carbocycles. The molecule has 8 nitrogen and oxygen atoms in total. The van der Waals surface area contributed by atoms with Gasteiger partial charge >= 0.3 is 6.61 Å². The number of hydrogen-bond acceptors (Lipinski definition) is 5. The first kappa shape index (κ1) is 22.5. The van der Waals surface area contributed by atoms with Gasteiger partial charge in [0.2, 0.25) is 5.88 Å². The van der Waals surface area contributed by atoms with Gasteiger partial charge in [-0.1, -0.05) is 0 Å². The minimum Gasteiger partial charge on any atom is -0.494 e. The molecule has 3 aliphatic rings. The number of imidazole rings is 1. The number of aromatic nitrogens is 4. The highest BCUT2D eigenvalue weighted by Crippen LogP contribution is 2.60. The molecule has 0 spiro atoms. The highest BCUT2D eigenvalue weighted by atomic mass is 19.3. The number of carbonyl (C=O) groups is 1. The first-order valence-corrected chi connectivity index (χ1v) is 12.7. The fourth-order valence-corrected chi connectivity index (χ4v) is 6.95. The third-order valence-corrected chi connectivity index (χ3v) is 8.65. The van der Waals surface area contributed by atoms with E-state index < -0.39 is 6.61 Å². The summed E-state index contributed by atoms with van der Waals surface area (Å²) >= 11 is 0. The first-order chi connectivity index (χ1) is 17.9. The van der Waals surface area contributed by atoms with Crippen LogP contribution in [0.15, 0.2) is 30.3 Å². The van der Waals surface area contributed by atoms with Crippen LogP contribution in [0.5, 0.6) is 11.6 Å². The lowest BCUT2D eigenvalue weighted by Gasteiger charge is -2.52. The number of fused-ring (bicyclic) bond motifs is 2. The Bertz CT molecular complexity index is 1580. The number of alkyl halides is 2. The number of pyridine rings is 1. The smallest absolute Gasteiger partial charge is 0.388 e. The van der Waals surface area contributed by atoms with E-state index in [1.54, 1.807) is 13.2 Å². The van der Waals surface area contributed by atoms with Gasteiger partial charge in [-0.25, -0.2) is 4.98 Å². The van der Waals surface area contributed by atoms with Gasteiger partial charge < -0.3 is 23.5 Å². The summed E-state index contributed by atoms with van der Waals surface area (Å²) in [6.45, 7) is 0.409. The Morgan fingerprint density at radius 1 is 1.16 bits per heavy atom. The molecule has 1 aliphatic heterocycles. The maximum atomic E-state index is 13.6. The van der Waals surface area contributed by atoms with Crippen molar-refractivity contribution in [3.05, 3.63) is 35.9 Å². The maximum absolute atomic E-state index is 13.6. The van der Waals surface area contributed by atoms with Gasteiger partial charge in [0.25, 0.3) is 5.91 Å². The Labute approximate surface area is 211 Å². The molecule has 3 aromatic heterocycles. The van der Waals surface area contributed by atoms with E-state index in [1.807, 2.05) is 41.3 Å². The zero-order valence-electron chi connectivity index (χ0n) is 20.8. The molecule has 7 rings (SSSR count). The lowest BCUT2D eigenvalue weighted by molar-refractivity contribution is -0.0526. The summed E-state index contributed by atoms with van der Waals surface area (Å²) in [6, 6.07) is 9.13. The van der Waals surface area contributed by atoms with Gasteiger partial charge in [0.15, 0.2) is 5.82 Å². The number of ether oxygens (including phenoxy) is 2. The molecule has 1 saturated heterocycles. The summed E-state index contributed by atoms with van der Waals surface area (Å²) in [4.78, 5) is 24.8. The van der Waals surface area contributed by atoms with Crippen molar-refractivity contribution in [3.8, 4) is 23.1 Å². The predicted octanol–water partition coefficient (Wildman–Crippen LogP) is 4.70. The van der Waals surface area contributed by atoms with Crippen molar-refractivity contribution in [2.75, 3.05) is 13.7 Å². The molecule has 2 saturated carbocycles. The van der Waals surface area contributed by atoms with Crippen LogP contribution in [0, 0.1) is 17.8 Å². The third kappa shape index (κ3) is 3.13. The van der Waals surface area contributed by atoms with E-state index in [1.165, 1.54) is 12.5 Å². The second-order valence-corrected chi connectivity index (χ2v) is 10.3. The monoisotopic (exact) mass is 507 g/mol. The lowest BCUT2D eigenvalue weighted by Crippen LogP contribution is -2.53. The molecule has 3 fully saturated rings. The zero-order valence-corrected chi connectivity index (χ0v) is 20.8. The van der Waals surface area contributed by atoms with Crippen molar-refractivity contribution >= 4 is 28.0 Å². The van der Waals surface area contributed by atoms with Crippen molar-refractivity contribution in [2.24, 2.45) is 24.8 Å². The molecule has 4 atom stereocenters.